The molecular formula is C15H22BrNO2. The maximum absolute atomic E-state index is 6.09. The average Bonchev–Trinajstić information content (AvgIpc) is 2.43. The van der Waals surface area contributed by atoms with E-state index in [1.807, 2.05) is 12.1 Å². The lowest BCUT2D eigenvalue weighted by molar-refractivity contribution is 0.00700. The van der Waals surface area contributed by atoms with Crippen LogP contribution in [0.15, 0.2) is 22.7 Å². The highest BCUT2D eigenvalue weighted by molar-refractivity contribution is 9.10. The third-order valence-corrected chi connectivity index (χ3v) is 3.67. The summed E-state index contributed by atoms with van der Waals surface area (Å²) < 4.78 is 12.6. The van der Waals surface area contributed by atoms with E-state index in [1.54, 1.807) is 0 Å². The van der Waals surface area contributed by atoms with Gasteiger partial charge in [0.2, 0.25) is 0 Å². The van der Waals surface area contributed by atoms with Gasteiger partial charge in [0, 0.05) is 23.2 Å². The lowest BCUT2D eigenvalue weighted by Gasteiger charge is -2.24. The molecule has 1 aromatic rings. The lowest BCUT2D eigenvalue weighted by atomic mass is 10.1. The van der Waals surface area contributed by atoms with E-state index in [0.29, 0.717) is 6.61 Å². The summed E-state index contributed by atoms with van der Waals surface area (Å²) in [5.74, 6) is 0.974. The highest BCUT2D eigenvalue weighted by Gasteiger charge is 2.17. The van der Waals surface area contributed by atoms with Crippen LogP contribution in [-0.4, -0.2) is 25.9 Å². The first-order valence-electron chi connectivity index (χ1n) is 7.03. The van der Waals surface area contributed by atoms with Gasteiger partial charge in [0.25, 0.3) is 0 Å². The van der Waals surface area contributed by atoms with E-state index in [2.05, 4.69) is 34.2 Å². The molecule has 0 aliphatic carbocycles. The van der Waals surface area contributed by atoms with Gasteiger partial charge >= 0.3 is 0 Å². The van der Waals surface area contributed by atoms with Crippen LogP contribution in [0.4, 0.5) is 0 Å². The number of hydrogen-bond donors (Lipinski definition) is 1. The molecular weight excluding hydrogens is 306 g/mol. The minimum atomic E-state index is 0.194. The Morgan fingerprint density at radius 3 is 3.11 bits per heavy atom. The van der Waals surface area contributed by atoms with Crippen molar-refractivity contribution in [1.29, 1.82) is 0 Å². The van der Waals surface area contributed by atoms with Gasteiger partial charge in [0.15, 0.2) is 0 Å². The van der Waals surface area contributed by atoms with Crippen LogP contribution in [0.5, 0.6) is 5.75 Å². The van der Waals surface area contributed by atoms with E-state index in [0.717, 1.165) is 49.2 Å². The SMILES string of the molecule is CCCNCc1cc(Br)ccc1OC1CCCOC1. The number of halogens is 1. The van der Waals surface area contributed by atoms with Gasteiger partial charge in [-0.3, -0.25) is 0 Å². The molecule has 1 heterocycles. The summed E-state index contributed by atoms with van der Waals surface area (Å²) in [5, 5.41) is 3.42. The molecule has 0 aromatic heterocycles. The van der Waals surface area contributed by atoms with Crippen molar-refractivity contribution in [3.63, 3.8) is 0 Å². The van der Waals surface area contributed by atoms with Crippen LogP contribution >= 0.6 is 15.9 Å². The van der Waals surface area contributed by atoms with Crippen molar-refractivity contribution in [3.05, 3.63) is 28.2 Å². The molecule has 3 nitrogen and oxygen atoms in total. The van der Waals surface area contributed by atoms with E-state index in [9.17, 15) is 0 Å². The predicted molar refractivity (Wildman–Crippen MR) is 80.6 cm³/mol. The van der Waals surface area contributed by atoms with Crippen molar-refractivity contribution in [2.45, 2.75) is 38.8 Å². The van der Waals surface area contributed by atoms with Crippen molar-refractivity contribution in [3.8, 4) is 5.75 Å². The topological polar surface area (TPSA) is 30.5 Å². The van der Waals surface area contributed by atoms with Crippen molar-refractivity contribution in [2.24, 2.45) is 0 Å². The van der Waals surface area contributed by atoms with Gasteiger partial charge < -0.3 is 14.8 Å². The molecule has 4 heteroatoms. The largest absolute Gasteiger partial charge is 0.488 e. The smallest absolute Gasteiger partial charge is 0.124 e. The van der Waals surface area contributed by atoms with E-state index >= 15 is 0 Å². The monoisotopic (exact) mass is 327 g/mol. The molecule has 19 heavy (non-hydrogen) atoms. The third-order valence-electron chi connectivity index (χ3n) is 3.18. The standard InChI is InChI=1S/C15H22BrNO2/c1-2-7-17-10-12-9-13(16)5-6-15(12)19-14-4-3-8-18-11-14/h5-6,9,14,17H,2-4,7-8,10-11H2,1H3. The molecule has 1 atom stereocenters. The van der Waals surface area contributed by atoms with Crippen LogP contribution in [0.2, 0.25) is 0 Å². The van der Waals surface area contributed by atoms with Crippen LogP contribution in [0.3, 0.4) is 0 Å². The van der Waals surface area contributed by atoms with Crippen LogP contribution in [0, 0.1) is 0 Å². The van der Waals surface area contributed by atoms with Crippen LogP contribution in [0.25, 0.3) is 0 Å². The minimum Gasteiger partial charge on any atom is -0.488 e. The Bertz CT molecular complexity index is 392. The molecule has 1 saturated heterocycles. The molecule has 0 bridgehead atoms. The summed E-state index contributed by atoms with van der Waals surface area (Å²) in [7, 11) is 0. The van der Waals surface area contributed by atoms with E-state index < -0.39 is 0 Å². The van der Waals surface area contributed by atoms with Crippen LogP contribution in [-0.2, 0) is 11.3 Å². The summed E-state index contributed by atoms with van der Waals surface area (Å²) >= 11 is 3.52. The third kappa shape index (κ3) is 4.79. The first kappa shape index (κ1) is 14.8. The zero-order valence-corrected chi connectivity index (χ0v) is 13.0. The van der Waals surface area contributed by atoms with Gasteiger partial charge in [-0.05, 0) is 44.0 Å². The predicted octanol–water partition coefficient (Wildman–Crippen LogP) is 3.51. The summed E-state index contributed by atoms with van der Waals surface area (Å²) in [4.78, 5) is 0. The molecule has 1 aliphatic rings. The Hall–Kier alpha value is -0.580. The number of rotatable bonds is 6. The van der Waals surface area contributed by atoms with Crippen molar-refractivity contribution in [1.82, 2.24) is 5.32 Å². The molecule has 1 fully saturated rings. The van der Waals surface area contributed by atoms with Crippen molar-refractivity contribution < 1.29 is 9.47 Å². The Kier molecular flexibility index (Phi) is 6.14. The second kappa shape index (κ2) is 7.88. The summed E-state index contributed by atoms with van der Waals surface area (Å²) in [6.07, 6.45) is 3.50. The maximum atomic E-state index is 6.09. The van der Waals surface area contributed by atoms with Gasteiger partial charge in [-0.25, -0.2) is 0 Å². The van der Waals surface area contributed by atoms with Crippen LogP contribution < -0.4 is 10.1 Å². The molecule has 0 saturated carbocycles. The highest BCUT2D eigenvalue weighted by Crippen LogP contribution is 2.25. The minimum absolute atomic E-state index is 0.194. The molecule has 106 valence electrons. The zero-order valence-electron chi connectivity index (χ0n) is 11.5. The molecule has 0 spiro atoms. The Balaban J connectivity index is 2.00. The number of benzene rings is 1. The number of hydrogen-bond acceptors (Lipinski definition) is 3. The second-order valence-corrected chi connectivity index (χ2v) is 5.80. The molecule has 1 N–H and O–H groups in total. The van der Waals surface area contributed by atoms with Gasteiger partial charge in [0.1, 0.15) is 11.9 Å². The van der Waals surface area contributed by atoms with Crippen LogP contribution in [0.1, 0.15) is 31.7 Å². The van der Waals surface area contributed by atoms with Gasteiger partial charge in [-0.2, -0.15) is 0 Å². The van der Waals surface area contributed by atoms with Gasteiger partial charge in [-0.15, -0.1) is 0 Å². The maximum Gasteiger partial charge on any atom is 0.124 e. The first-order chi connectivity index (χ1) is 9.29. The van der Waals surface area contributed by atoms with Crippen molar-refractivity contribution >= 4 is 15.9 Å². The fourth-order valence-electron chi connectivity index (χ4n) is 2.18. The summed E-state index contributed by atoms with van der Waals surface area (Å²) in [5.41, 5.74) is 1.20. The lowest BCUT2D eigenvalue weighted by Crippen LogP contribution is -2.28. The second-order valence-electron chi connectivity index (χ2n) is 4.89. The van der Waals surface area contributed by atoms with E-state index in [1.165, 1.54) is 5.56 Å². The normalized spacial score (nSPS) is 19.4. The molecule has 1 unspecified atom stereocenters. The molecule has 1 aromatic carbocycles. The first-order valence-corrected chi connectivity index (χ1v) is 7.82. The quantitative estimate of drug-likeness (QED) is 0.811. The zero-order chi connectivity index (χ0) is 13.5. The Morgan fingerprint density at radius 1 is 1.47 bits per heavy atom. The van der Waals surface area contributed by atoms with Gasteiger partial charge in [-0.1, -0.05) is 22.9 Å². The van der Waals surface area contributed by atoms with Gasteiger partial charge in [0.05, 0.1) is 6.61 Å². The molecule has 2 rings (SSSR count). The highest BCUT2D eigenvalue weighted by atomic mass is 79.9. The number of ether oxygens (including phenoxy) is 2. The van der Waals surface area contributed by atoms with Crippen molar-refractivity contribution in [2.75, 3.05) is 19.8 Å². The average molecular weight is 328 g/mol. The molecule has 0 radical (unpaired) electrons. The molecule has 1 aliphatic heterocycles. The van der Waals surface area contributed by atoms with E-state index in [-0.39, 0.29) is 6.10 Å². The summed E-state index contributed by atoms with van der Waals surface area (Å²) in [6.45, 7) is 5.61. The number of nitrogens with one attached hydrogen (secondary N) is 1. The summed E-state index contributed by atoms with van der Waals surface area (Å²) in [6, 6.07) is 6.20. The fraction of sp³-hybridized carbons (Fsp3) is 0.600. The fourth-order valence-corrected chi connectivity index (χ4v) is 2.59. The molecule has 0 amide bonds. The Morgan fingerprint density at radius 2 is 2.37 bits per heavy atom. The van der Waals surface area contributed by atoms with E-state index in [4.69, 9.17) is 9.47 Å². The Labute approximate surface area is 123 Å².